The van der Waals surface area contributed by atoms with Crippen LogP contribution in [0, 0.1) is 5.82 Å². The Kier molecular flexibility index (Phi) is 6.35. The van der Waals surface area contributed by atoms with Gasteiger partial charge in [0, 0.05) is 0 Å². The quantitative estimate of drug-likeness (QED) is 0.598. The zero-order chi connectivity index (χ0) is 9.40. The van der Waals surface area contributed by atoms with E-state index in [-0.39, 0.29) is 5.82 Å². The van der Waals surface area contributed by atoms with Gasteiger partial charge >= 0.3 is 0 Å². The molecule has 0 nitrogen and oxygen atoms in total. The smallest absolute Gasteiger partial charge is 0.123 e. The summed E-state index contributed by atoms with van der Waals surface area (Å²) in [5.41, 5.74) is 1.05. The maximum atomic E-state index is 12.4. The van der Waals surface area contributed by atoms with Crippen molar-refractivity contribution in [2.45, 2.75) is 33.6 Å². The van der Waals surface area contributed by atoms with Crippen molar-refractivity contribution in [2.75, 3.05) is 0 Å². The van der Waals surface area contributed by atoms with Gasteiger partial charge < -0.3 is 0 Å². The maximum absolute atomic E-state index is 12.4. The first kappa shape index (κ1) is 11.2. The predicted molar refractivity (Wildman–Crippen MR) is 51.7 cm³/mol. The number of benzene rings is 1. The van der Waals surface area contributed by atoms with Crippen molar-refractivity contribution in [1.82, 2.24) is 0 Å². The fraction of sp³-hybridized carbons (Fsp3) is 0.455. The molecule has 0 unspecified atom stereocenters. The highest BCUT2D eigenvalue weighted by Gasteiger charge is 1.88. The van der Waals surface area contributed by atoms with E-state index in [1.807, 2.05) is 13.0 Å². The number of rotatable bonds is 1. The summed E-state index contributed by atoms with van der Waals surface area (Å²) in [6, 6.07) is 6.66. The molecule has 0 saturated heterocycles. The molecule has 0 spiro atoms. The van der Waals surface area contributed by atoms with Crippen LogP contribution < -0.4 is 0 Å². The van der Waals surface area contributed by atoms with Gasteiger partial charge in [-0.1, -0.05) is 39.3 Å². The van der Waals surface area contributed by atoms with E-state index in [0.717, 1.165) is 12.0 Å². The van der Waals surface area contributed by atoms with Crippen LogP contribution in [0.5, 0.6) is 0 Å². The summed E-state index contributed by atoms with van der Waals surface area (Å²) in [5, 5.41) is 0. The first-order valence-corrected chi connectivity index (χ1v) is 4.49. The molecule has 0 aliphatic heterocycles. The van der Waals surface area contributed by atoms with Crippen molar-refractivity contribution in [1.29, 1.82) is 0 Å². The minimum absolute atomic E-state index is 0.144. The average molecular weight is 168 g/mol. The Labute approximate surface area is 74.4 Å². The molecule has 1 aromatic rings. The molecule has 0 amide bonds. The molecule has 12 heavy (non-hydrogen) atoms. The number of aryl methyl sites for hydroxylation is 1. The van der Waals surface area contributed by atoms with Crippen LogP contribution in [0.4, 0.5) is 4.39 Å². The Morgan fingerprint density at radius 1 is 1.17 bits per heavy atom. The fourth-order valence-electron chi connectivity index (χ4n) is 0.757. The van der Waals surface area contributed by atoms with Crippen LogP contribution in [-0.2, 0) is 6.42 Å². The Morgan fingerprint density at radius 2 is 1.75 bits per heavy atom. The molecule has 0 aliphatic rings. The predicted octanol–water partition coefficient (Wildman–Crippen LogP) is 3.80. The molecule has 0 heterocycles. The number of halogens is 1. The van der Waals surface area contributed by atoms with E-state index < -0.39 is 0 Å². The van der Waals surface area contributed by atoms with Crippen LogP contribution in [0.25, 0.3) is 0 Å². The van der Waals surface area contributed by atoms with Crippen LogP contribution in [0.2, 0.25) is 0 Å². The second-order valence-corrected chi connectivity index (χ2v) is 2.69. The first-order chi connectivity index (χ1) is 5.74. The third-order valence-electron chi connectivity index (χ3n) is 1.30. The van der Waals surface area contributed by atoms with Gasteiger partial charge in [-0.15, -0.1) is 0 Å². The SMILES string of the molecule is CCC.CCc1cccc(F)c1. The monoisotopic (exact) mass is 168 g/mol. The summed E-state index contributed by atoms with van der Waals surface area (Å²) < 4.78 is 12.4. The van der Waals surface area contributed by atoms with Crippen LogP contribution >= 0.6 is 0 Å². The lowest BCUT2D eigenvalue weighted by molar-refractivity contribution is 0.625. The van der Waals surface area contributed by atoms with Crippen molar-refractivity contribution in [3.63, 3.8) is 0 Å². The van der Waals surface area contributed by atoms with E-state index in [9.17, 15) is 4.39 Å². The highest BCUT2D eigenvalue weighted by molar-refractivity contribution is 5.15. The Hall–Kier alpha value is -0.850. The summed E-state index contributed by atoms with van der Waals surface area (Å²) >= 11 is 0. The molecule has 0 saturated carbocycles. The van der Waals surface area contributed by atoms with Gasteiger partial charge in [0.25, 0.3) is 0 Å². The van der Waals surface area contributed by atoms with Crippen LogP contribution in [0.3, 0.4) is 0 Å². The lowest BCUT2D eigenvalue weighted by Crippen LogP contribution is -1.79. The summed E-state index contributed by atoms with van der Waals surface area (Å²) in [4.78, 5) is 0. The topological polar surface area (TPSA) is 0 Å². The maximum Gasteiger partial charge on any atom is 0.123 e. The standard InChI is InChI=1S/C8H9F.C3H8/c1-2-7-4-3-5-8(9)6-7;1-3-2/h3-6H,2H2,1H3;3H2,1-2H3. The van der Waals surface area contributed by atoms with Crippen molar-refractivity contribution in [2.24, 2.45) is 0 Å². The molecule has 0 fully saturated rings. The van der Waals surface area contributed by atoms with Gasteiger partial charge in [-0.25, -0.2) is 4.39 Å². The Balaban J connectivity index is 0.000000354. The van der Waals surface area contributed by atoms with E-state index >= 15 is 0 Å². The third-order valence-corrected chi connectivity index (χ3v) is 1.30. The summed E-state index contributed by atoms with van der Waals surface area (Å²) in [7, 11) is 0. The normalized spacial score (nSPS) is 8.67. The van der Waals surface area contributed by atoms with E-state index in [1.165, 1.54) is 12.5 Å². The Bertz CT molecular complexity index is 206. The van der Waals surface area contributed by atoms with Crippen molar-refractivity contribution >= 4 is 0 Å². The second-order valence-electron chi connectivity index (χ2n) is 2.69. The minimum atomic E-state index is -0.144. The molecule has 0 aromatic heterocycles. The summed E-state index contributed by atoms with van der Waals surface area (Å²) in [6.45, 7) is 6.26. The highest BCUT2D eigenvalue weighted by atomic mass is 19.1. The molecule has 0 N–H and O–H groups in total. The lowest BCUT2D eigenvalue weighted by Gasteiger charge is -1.92. The van der Waals surface area contributed by atoms with Crippen LogP contribution in [0.15, 0.2) is 24.3 Å². The van der Waals surface area contributed by atoms with Gasteiger partial charge in [0.2, 0.25) is 0 Å². The van der Waals surface area contributed by atoms with Gasteiger partial charge in [-0.2, -0.15) is 0 Å². The molecule has 1 aromatic carbocycles. The number of hydrogen-bond acceptors (Lipinski definition) is 0. The van der Waals surface area contributed by atoms with Crippen molar-refractivity contribution < 1.29 is 4.39 Å². The second kappa shape index (κ2) is 6.84. The van der Waals surface area contributed by atoms with Gasteiger partial charge in [0.1, 0.15) is 5.82 Å². The van der Waals surface area contributed by atoms with Crippen molar-refractivity contribution in [3.8, 4) is 0 Å². The average Bonchev–Trinajstić information content (AvgIpc) is 2.06. The molecular formula is C11H17F. The Morgan fingerprint density at radius 3 is 2.08 bits per heavy atom. The van der Waals surface area contributed by atoms with Gasteiger partial charge in [0.15, 0.2) is 0 Å². The fourth-order valence-corrected chi connectivity index (χ4v) is 0.757. The molecule has 1 heteroatoms. The molecule has 0 aliphatic carbocycles. The summed E-state index contributed by atoms with van der Waals surface area (Å²) in [6.07, 6.45) is 2.15. The molecule has 1 rings (SSSR count). The lowest BCUT2D eigenvalue weighted by atomic mass is 10.2. The summed E-state index contributed by atoms with van der Waals surface area (Å²) in [5.74, 6) is -0.144. The van der Waals surface area contributed by atoms with Crippen LogP contribution in [0.1, 0.15) is 32.8 Å². The molecule has 68 valence electrons. The minimum Gasteiger partial charge on any atom is -0.207 e. The largest absolute Gasteiger partial charge is 0.207 e. The molecular weight excluding hydrogens is 151 g/mol. The highest BCUT2D eigenvalue weighted by Crippen LogP contribution is 2.02. The molecule has 0 bridgehead atoms. The first-order valence-electron chi connectivity index (χ1n) is 4.49. The van der Waals surface area contributed by atoms with Crippen molar-refractivity contribution in [3.05, 3.63) is 35.6 Å². The van der Waals surface area contributed by atoms with E-state index in [4.69, 9.17) is 0 Å². The van der Waals surface area contributed by atoms with E-state index in [1.54, 1.807) is 12.1 Å². The zero-order valence-corrected chi connectivity index (χ0v) is 8.10. The zero-order valence-electron chi connectivity index (χ0n) is 8.10. The van der Waals surface area contributed by atoms with Crippen LogP contribution in [-0.4, -0.2) is 0 Å². The molecule has 0 atom stereocenters. The van der Waals surface area contributed by atoms with Gasteiger partial charge in [-0.05, 0) is 24.1 Å². The van der Waals surface area contributed by atoms with Gasteiger partial charge in [-0.3, -0.25) is 0 Å². The third kappa shape index (κ3) is 4.89. The van der Waals surface area contributed by atoms with E-state index in [2.05, 4.69) is 13.8 Å². The molecule has 0 radical (unpaired) electrons. The number of hydrogen-bond donors (Lipinski definition) is 0. The van der Waals surface area contributed by atoms with Gasteiger partial charge in [0.05, 0.1) is 0 Å². The van der Waals surface area contributed by atoms with E-state index in [0.29, 0.717) is 0 Å².